The predicted molar refractivity (Wildman–Crippen MR) is 103 cm³/mol. The maximum atomic E-state index is 12.1. The van der Waals surface area contributed by atoms with E-state index in [0.29, 0.717) is 5.75 Å². The molecule has 1 saturated heterocycles. The molecule has 3 rings (SSSR count). The number of hydrogen-bond acceptors (Lipinski definition) is 5. The lowest BCUT2D eigenvalue weighted by molar-refractivity contribution is -0.384. The molecule has 0 spiro atoms. The van der Waals surface area contributed by atoms with E-state index in [1.165, 1.54) is 49.1 Å². The van der Waals surface area contributed by atoms with Crippen molar-refractivity contribution in [2.24, 2.45) is 0 Å². The number of anilines is 1. The molecule has 142 valence electrons. The zero-order chi connectivity index (χ0) is 19.1. The molecular weight excluding hydrogens is 346 g/mol. The maximum absolute atomic E-state index is 12.1. The Morgan fingerprint density at radius 3 is 2.56 bits per heavy atom. The van der Waals surface area contributed by atoms with Crippen LogP contribution in [-0.2, 0) is 11.3 Å². The molecule has 27 heavy (non-hydrogen) atoms. The molecule has 0 aromatic heterocycles. The lowest BCUT2D eigenvalue weighted by atomic mass is 10.1. The Hall–Kier alpha value is -2.93. The Kier molecular flexibility index (Phi) is 6.38. The Morgan fingerprint density at radius 1 is 1.11 bits per heavy atom. The lowest BCUT2D eigenvalue weighted by Crippen LogP contribution is -2.29. The summed E-state index contributed by atoms with van der Waals surface area (Å²) in [5.74, 6) is 0.137. The standard InChI is InChI=1S/C20H23N3O4/c24-20(15-27-19-9-7-18(8-10-19)23(25)26)21-17-6-4-5-16(13-17)14-22-11-2-1-3-12-22/h4-10,13H,1-3,11-12,14-15H2,(H,21,24). The first-order valence-corrected chi connectivity index (χ1v) is 9.08. The van der Waals surface area contributed by atoms with Crippen LogP contribution in [0.5, 0.6) is 5.75 Å². The second-order valence-corrected chi connectivity index (χ2v) is 6.63. The van der Waals surface area contributed by atoms with Crippen LogP contribution in [0.1, 0.15) is 24.8 Å². The number of likely N-dealkylation sites (tertiary alicyclic amines) is 1. The first-order valence-electron chi connectivity index (χ1n) is 9.08. The van der Waals surface area contributed by atoms with Crippen molar-refractivity contribution in [2.45, 2.75) is 25.8 Å². The molecule has 2 aromatic carbocycles. The number of nitro groups is 1. The number of amides is 1. The van der Waals surface area contributed by atoms with Gasteiger partial charge in [-0.05, 0) is 55.8 Å². The fourth-order valence-corrected chi connectivity index (χ4v) is 3.13. The van der Waals surface area contributed by atoms with E-state index in [-0.39, 0.29) is 18.2 Å². The second kappa shape index (κ2) is 9.14. The summed E-state index contributed by atoms with van der Waals surface area (Å²) < 4.78 is 5.38. The average molecular weight is 369 g/mol. The van der Waals surface area contributed by atoms with E-state index in [1.807, 2.05) is 18.2 Å². The van der Waals surface area contributed by atoms with E-state index in [9.17, 15) is 14.9 Å². The predicted octanol–water partition coefficient (Wildman–Crippen LogP) is 3.60. The van der Waals surface area contributed by atoms with Crippen LogP contribution < -0.4 is 10.1 Å². The number of benzene rings is 2. The minimum atomic E-state index is -0.479. The summed E-state index contributed by atoms with van der Waals surface area (Å²) in [7, 11) is 0. The van der Waals surface area contributed by atoms with Gasteiger partial charge in [-0.2, -0.15) is 0 Å². The van der Waals surface area contributed by atoms with Crippen LogP contribution in [0.15, 0.2) is 48.5 Å². The van der Waals surface area contributed by atoms with Gasteiger partial charge in [-0.1, -0.05) is 18.6 Å². The summed E-state index contributed by atoms with van der Waals surface area (Å²) in [5, 5.41) is 13.5. The van der Waals surface area contributed by atoms with Crippen LogP contribution in [0, 0.1) is 10.1 Å². The van der Waals surface area contributed by atoms with Gasteiger partial charge >= 0.3 is 0 Å². The van der Waals surface area contributed by atoms with Gasteiger partial charge in [-0.15, -0.1) is 0 Å². The Morgan fingerprint density at radius 2 is 1.85 bits per heavy atom. The van der Waals surface area contributed by atoms with E-state index in [0.717, 1.165) is 25.3 Å². The van der Waals surface area contributed by atoms with Gasteiger partial charge in [0.25, 0.3) is 11.6 Å². The number of ether oxygens (including phenoxy) is 1. The van der Waals surface area contributed by atoms with Crippen LogP contribution in [0.4, 0.5) is 11.4 Å². The molecule has 1 fully saturated rings. The number of carbonyl (C=O) groups excluding carboxylic acids is 1. The van der Waals surface area contributed by atoms with Gasteiger partial charge in [0.15, 0.2) is 6.61 Å². The molecule has 7 heteroatoms. The quantitative estimate of drug-likeness (QED) is 0.595. The molecule has 0 bridgehead atoms. The van der Waals surface area contributed by atoms with E-state index in [2.05, 4.69) is 16.3 Å². The number of non-ortho nitro benzene ring substituents is 1. The Labute approximate surface area is 158 Å². The molecule has 0 radical (unpaired) electrons. The van der Waals surface area contributed by atoms with E-state index >= 15 is 0 Å². The van der Waals surface area contributed by atoms with Gasteiger partial charge in [-0.25, -0.2) is 0 Å². The van der Waals surface area contributed by atoms with Crippen molar-refractivity contribution in [2.75, 3.05) is 25.0 Å². The first kappa shape index (κ1) is 18.8. The molecule has 7 nitrogen and oxygen atoms in total. The summed E-state index contributed by atoms with van der Waals surface area (Å²) >= 11 is 0. The molecule has 0 saturated carbocycles. The second-order valence-electron chi connectivity index (χ2n) is 6.63. The summed E-state index contributed by atoms with van der Waals surface area (Å²) in [6.07, 6.45) is 3.80. The van der Waals surface area contributed by atoms with Crippen LogP contribution >= 0.6 is 0 Å². The van der Waals surface area contributed by atoms with Crippen molar-refractivity contribution < 1.29 is 14.5 Å². The molecule has 0 unspecified atom stereocenters. The normalized spacial score (nSPS) is 14.5. The van der Waals surface area contributed by atoms with Crippen molar-refractivity contribution >= 4 is 17.3 Å². The largest absolute Gasteiger partial charge is 0.484 e. The molecule has 1 heterocycles. The van der Waals surface area contributed by atoms with Crippen LogP contribution in [-0.4, -0.2) is 35.4 Å². The fraction of sp³-hybridized carbons (Fsp3) is 0.350. The van der Waals surface area contributed by atoms with Crippen LogP contribution in [0.3, 0.4) is 0 Å². The third kappa shape index (κ3) is 5.79. The van der Waals surface area contributed by atoms with Gasteiger partial charge < -0.3 is 10.1 Å². The number of piperidine rings is 1. The Bertz CT molecular complexity index is 786. The van der Waals surface area contributed by atoms with Crippen molar-refractivity contribution in [3.8, 4) is 5.75 Å². The van der Waals surface area contributed by atoms with Gasteiger partial charge in [0.1, 0.15) is 5.75 Å². The highest BCUT2D eigenvalue weighted by molar-refractivity contribution is 5.91. The third-order valence-corrected chi connectivity index (χ3v) is 4.48. The summed E-state index contributed by atoms with van der Waals surface area (Å²) in [4.78, 5) is 24.7. The van der Waals surface area contributed by atoms with E-state index in [4.69, 9.17) is 4.74 Å². The molecule has 1 N–H and O–H groups in total. The van der Waals surface area contributed by atoms with E-state index in [1.54, 1.807) is 0 Å². The molecule has 1 aliphatic rings. The number of carbonyl (C=O) groups is 1. The minimum Gasteiger partial charge on any atom is -0.484 e. The van der Waals surface area contributed by atoms with Crippen molar-refractivity contribution in [1.82, 2.24) is 4.90 Å². The van der Waals surface area contributed by atoms with E-state index < -0.39 is 4.92 Å². The lowest BCUT2D eigenvalue weighted by Gasteiger charge is -2.26. The fourth-order valence-electron chi connectivity index (χ4n) is 3.13. The zero-order valence-corrected chi connectivity index (χ0v) is 15.1. The van der Waals surface area contributed by atoms with Gasteiger partial charge in [0.05, 0.1) is 4.92 Å². The summed E-state index contributed by atoms with van der Waals surface area (Å²) in [6, 6.07) is 13.5. The number of hydrogen-bond donors (Lipinski definition) is 1. The van der Waals surface area contributed by atoms with Crippen molar-refractivity contribution in [3.05, 3.63) is 64.2 Å². The van der Waals surface area contributed by atoms with Crippen LogP contribution in [0.25, 0.3) is 0 Å². The monoisotopic (exact) mass is 369 g/mol. The smallest absolute Gasteiger partial charge is 0.269 e. The number of rotatable bonds is 7. The number of nitrogens with zero attached hydrogens (tertiary/aromatic N) is 2. The van der Waals surface area contributed by atoms with Gasteiger partial charge in [0.2, 0.25) is 0 Å². The number of nitro benzene ring substituents is 1. The molecule has 1 amide bonds. The van der Waals surface area contributed by atoms with Gasteiger partial charge in [-0.3, -0.25) is 19.8 Å². The first-order chi connectivity index (χ1) is 13.1. The van der Waals surface area contributed by atoms with Gasteiger partial charge in [0, 0.05) is 24.4 Å². The Balaban J connectivity index is 1.49. The molecular formula is C20H23N3O4. The van der Waals surface area contributed by atoms with Crippen LogP contribution in [0.2, 0.25) is 0 Å². The SMILES string of the molecule is O=C(COc1ccc([N+](=O)[O-])cc1)Nc1cccc(CN2CCCCC2)c1. The molecule has 2 aromatic rings. The molecule has 1 aliphatic heterocycles. The highest BCUT2D eigenvalue weighted by Crippen LogP contribution is 2.18. The highest BCUT2D eigenvalue weighted by atomic mass is 16.6. The highest BCUT2D eigenvalue weighted by Gasteiger charge is 2.11. The molecule has 0 aliphatic carbocycles. The topological polar surface area (TPSA) is 84.7 Å². The minimum absolute atomic E-state index is 0.0164. The average Bonchev–Trinajstić information content (AvgIpc) is 2.68. The molecule has 0 atom stereocenters. The maximum Gasteiger partial charge on any atom is 0.269 e. The summed E-state index contributed by atoms with van der Waals surface area (Å²) in [6.45, 7) is 2.98. The number of nitrogens with one attached hydrogen (secondary N) is 1. The van der Waals surface area contributed by atoms with Crippen molar-refractivity contribution in [3.63, 3.8) is 0 Å². The third-order valence-electron chi connectivity index (χ3n) is 4.48. The van der Waals surface area contributed by atoms with Crippen molar-refractivity contribution in [1.29, 1.82) is 0 Å². The zero-order valence-electron chi connectivity index (χ0n) is 15.1. The summed E-state index contributed by atoms with van der Waals surface area (Å²) in [5.41, 5.74) is 1.89.